The zero-order valence-electron chi connectivity index (χ0n) is 6.65. The topological polar surface area (TPSA) is 40.9 Å². The number of carbonyl (C=O) groups excluding carboxylic acids is 1. The van der Waals surface area contributed by atoms with Crippen LogP contribution < -0.4 is 5.73 Å². The van der Waals surface area contributed by atoms with Crippen molar-refractivity contribution in [3.8, 4) is 0 Å². The average molecular weight is 206 g/mol. The van der Waals surface area contributed by atoms with Crippen molar-refractivity contribution in [3.05, 3.63) is 35.1 Å². The summed E-state index contributed by atoms with van der Waals surface area (Å²) < 4.78 is 49.0. The van der Waals surface area contributed by atoms with E-state index in [1.165, 1.54) is 0 Å². The Kier molecular flexibility index (Phi) is 2.46. The predicted molar refractivity (Wildman–Crippen MR) is 38.8 cm³/mol. The molecule has 6 heteroatoms. The van der Waals surface area contributed by atoms with E-state index in [1.807, 2.05) is 0 Å². The Balaban J connectivity index is 3.38. The second-order valence-corrected chi connectivity index (χ2v) is 2.52. The molecule has 1 N–H and O–H groups in total. The van der Waals surface area contributed by atoms with Gasteiger partial charge in [0.2, 0.25) is 0 Å². The molecule has 0 saturated carbocycles. The summed E-state index contributed by atoms with van der Waals surface area (Å²) in [6.45, 7) is 0. The molecule has 14 heavy (non-hydrogen) atoms. The third kappa shape index (κ3) is 2.01. The maximum Gasteiger partial charge on any atom is 0.417 e. The number of alkyl halides is 3. The smallest absolute Gasteiger partial charge is 0.267 e. The van der Waals surface area contributed by atoms with Crippen LogP contribution in [-0.2, 0) is 6.18 Å². The summed E-state index contributed by atoms with van der Waals surface area (Å²) in [6.07, 6.45) is -4.83. The van der Waals surface area contributed by atoms with Gasteiger partial charge in [0, 0.05) is 0 Å². The first-order valence-electron chi connectivity index (χ1n) is 3.45. The van der Waals surface area contributed by atoms with Crippen LogP contribution in [0.4, 0.5) is 17.6 Å². The second-order valence-electron chi connectivity index (χ2n) is 2.52. The van der Waals surface area contributed by atoms with Gasteiger partial charge in [-0.05, 0) is 18.2 Å². The number of carbonyl (C=O) groups is 1. The van der Waals surface area contributed by atoms with Gasteiger partial charge in [-0.1, -0.05) is 0 Å². The first-order valence-corrected chi connectivity index (χ1v) is 3.45. The zero-order chi connectivity index (χ0) is 10.9. The summed E-state index contributed by atoms with van der Waals surface area (Å²) in [5.74, 6) is -2.58. The molecule has 1 aromatic carbocycles. The SMILES string of the molecule is [NH]C(=O)c1ccc(F)cc1C(F)(F)F. The highest BCUT2D eigenvalue weighted by Crippen LogP contribution is 2.32. The molecule has 0 unspecified atom stereocenters. The molecule has 0 aliphatic rings. The van der Waals surface area contributed by atoms with Crippen molar-refractivity contribution in [1.82, 2.24) is 5.73 Å². The van der Waals surface area contributed by atoms with Crippen molar-refractivity contribution >= 4 is 5.91 Å². The van der Waals surface area contributed by atoms with Crippen LogP contribution in [0.5, 0.6) is 0 Å². The molecule has 0 saturated heterocycles. The third-order valence-corrected chi connectivity index (χ3v) is 1.53. The van der Waals surface area contributed by atoms with Crippen LogP contribution in [0.25, 0.3) is 0 Å². The van der Waals surface area contributed by atoms with Crippen LogP contribution in [0.2, 0.25) is 0 Å². The summed E-state index contributed by atoms with van der Waals surface area (Å²) in [4.78, 5) is 10.5. The fraction of sp³-hybridized carbons (Fsp3) is 0.125. The van der Waals surface area contributed by atoms with Crippen molar-refractivity contribution < 1.29 is 22.4 Å². The minimum Gasteiger partial charge on any atom is -0.267 e. The minimum atomic E-state index is -4.83. The lowest BCUT2D eigenvalue weighted by Crippen LogP contribution is -2.13. The highest BCUT2D eigenvalue weighted by Gasteiger charge is 2.35. The van der Waals surface area contributed by atoms with Crippen molar-refractivity contribution in [2.24, 2.45) is 0 Å². The Labute approximate surface area is 76.3 Å². The van der Waals surface area contributed by atoms with Gasteiger partial charge in [0.25, 0.3) is 5.91 Å². The van der Waals surface area contributed by atoms with E-state index in [0.29, 0.717) is 12.1 Å². The summed E-state index contributed by atoms with van der Waals surface area (Å²) in [6, 6.07) is 1.55. The van der Waals surface area contributed by atoms with Gasteiger partial charge in [0.15, 0.2) is 0 Å². The average Bonchev–Trinajstić information content (AvgIpc) is 2.01. The molecule has 2 nitrogen and oxygen atoms in total. The minimum absolute atomic E-state index is 0.196. The summed E-state index contributed by atoms with van der Waals surface area (Å²) >= 11 is 0. The lowest BCUT2D eigenvalue weighted by atomic mass is 10.1. The highest BCUT2D eigenvalue weighted by atomic mass is 19.4. The van der Waals surface area contributed by atoms with E-state index >= 15 is 0 Å². The number of halogens is 4. The van der Waals surface area contributed by atoms with E-state index in [2.05, 4.69) is 0 Å². The van der Waals surface area contributed by atoms with Crippen molar-refractivity contribution in [1.29, 1.82) is 0 Å². The third-order valence-electron chi connectivity index (χ3n) is 1.53. The van der Waals surface area contributed by atoms with Crippen LogP contribution in [0.15, 0.2) is 18.2 Å². The molecule has 0 aliphatic heterocycles. The summed E-state index contributed by atoms with van der Waals surface area (Å²) in [5, 5.41) is 0. The lowest BCUT2D eigenvalue weighted by molar-refractivity contribution is -0.138. The monoisotopic (exact) mass is 206 g/mol. The van der Waals surface area contributed by atoms with E-state index in [9.17, 15) is 22.4 Å². The first kappa shape index (κ1) is 10.5. The van der Waals surface area contributed by atoms with Gasteiger partial charge < -0.3 is 0 Å². The molecule has 1 radical (unpaired) electrons. The largest absolute Gasteiger partial charge is 0.417 e. The molecular formula is C8H4F4NO. The Bertz CT molecular complexity index is 372. The van der Waals surface area contributed by atoms with Crippen molar-refractivity contribution in [3.63, 3.8) is 0 Å². The maximum atomic E-state index is 12.5. The number of hydrogen-bond donors (Lipinski definition) is 0. The Morgan fingerprint density at radius 3 is 2.29 bits per heavy atom. The van der Waals surface area contributed by atoms with Gasteiger partial charge >= 0.3 is 6.18 Å². The number of rotatable bonds is 1. The molecule has 1 aromatic rings. The van der Waals surface area contributed by atoms with Crippen molar-refractivity contribution in [2.75, 3.05) is 0 Å². The molecule has 0 atom stereocenters. The maximum absolute atomic E-state index is 12.5. The van der Waals surface area contributed by atoms with Crippen LogP contribution in [0.3, 0.4) is 0 Å². The Morgan fingerprint density at radius 1 is 1.29 bits per heavy atom. The molecule has 0 aliphatic carbocycles. The fourth-order valence-corrected chi connectivity index (χ4v) is 0.949. The molecule has 0 heterocycles. The highest BCUT2D eigenvalue weighted by molar-refractivity contribution is 5.93. The first-order chi connectivity index (χ1) is 6.32. The van der Waals surface area contributed by atoms with E-state index < -0.39 is 29.0 Å². The van der Waals surface area contributed by atoms with E-state index in [4.69, 9.17) is 5.73 Å². The molecular weight excluding hydrogens is 202 g/mol. The molecule has 1 amide bonds. The molecule has 0 spiro atoms. The normalized spacial score (nSPS) is 11.4. The standard InChI is InChI=1S/C8H4F4NO/c9-4-1-2-5(7(13)14)6(3-4)8(10,11)12/h1-3,13H. The van der Waals surface area contributed by atoms with Crippen molar-refractivity contribution in [2.45, 2.75) is 6.18 Å². The van der Waals surface area contributed by atoms with E-state index in [0.717, 1.165) is 0 Å². The zero-order valence-corrected chi connectivity index (χ0v) is 6.65. The molecule has 0 fully saturated rings. The van der Waals surface area contributed by atoms with Crippen LogP contribution in [0.1, 0.15) is 15.9 Å². The van der Waals surface area contributed by atoms with Gasteiger partial charge in [0.1, 0.15) is 5.82 Å². The second kappa shape index (κ2) is 3.28. The number of hydrogen-bond acceptors (Lipinski definition) is 1. The molecule has 75 valence electrons. The molecule has 0 aromatic heterocycles. The number of nitrogens with one attached hydrogen (secondary N) is 1. The summed E-state index contributed by atoms with van der Waals surface area (Å²) in [7, 11) is 0. The van der Waals surface area contributed by atoms with E-state index in [-0.39, 0.29) is 6.07 Å². The quantitative estimate of drug-likeness (QED) is 0.649. The molecule has 1 rings (SSSR count). The fourth-order valence-electron chi connectivity index (χ4n) is 0.949. The van der Waals surface area contributed by atoms with Gasteiger partial charge in [-0.25, -0.2) is 4.39 Å². The Hall–Kier alpha value is -1.59. The predicted octanol–water partition coefficient (Wildman–Crippen LogP) is 2.27. The van der Waals surface area contributed by atoms with Gasteiger partial charge in [-0.2, -0.15) is 13.2 Å². The van der Waals surface area contributed by atoms with Crippen LogP contribution >= 0.6 is 0 Å². The lowest BCUT2D eigenvalue weighted by Gasteiger charge is -2.09. The number of amides is 1. The van der Waals surface area contributed by atoms with Gasteiger partial charge in [-0.15, -0.1) is 0 Å². The summed E-state index contributed by atoms with van der Waals surface area (Å²) in [5.41, 5.74) is 4.28. The van der Waals surface area contributed by atoms with Gasteiger partial charge in [-0.3, -0.25) is 10.5 Å². The number of benzene rings is 1. The van der Waals surface area contributed by atoms with Crippen LogP contribution in [0, 0.1) is 5.82 Å². The Morgan fingerprint density at radius 2 is 1.86 bits per heavy atom. The molecule has 0 bridgehead atoms. The van der Waals surface area contributed by atoms with E-state index in [1.54, 1.807) is 0 Å². The van der Waals surface area contributed by atoms with Gasteiger partial charge in [0.05, 0.1) is 11.1 Å². The van der Waals surface area contributed by atoms with Crippen LogP contribution in [-0.4, -0.2) is 5.91 Å².